The predicted molar refractivity (Wildman–Crippen MR) is 168 cm³/mol. The van der Waals surface area contributed by atoms with Crippen molar-refractivity contribution in [2.24, 2.45) is 16.2 Å². The van der Waals surface area contributed by atoms with Gasteiger partial charge in [0.2, 0.25) is 0 Å². The van der Waals surface area contributed by atoms with Gasteiger partial charge in [0.15, 0.2) is 0 Å². The van der Waals surface area contributed by atoms with Crippen LogP contribution in [-0.2, 0) is 37.1 Å². The minimum Gasteiger partial charge on any atom is -0.481 e. The van der Waals surface area contributed by atoms with Gasteiger partial charge in [0.05, 0.1) is 16.2 Å². The fraction of sp³-hybridized carbons (Fsp3) is 0.514. The number of aliphatic carboxylic acids is 1. The van der Waals surface area contributed by atoms with E-state index in [1.165, 1.54) is 0 Å². The quantitative estimate of drug-likeness (QED) is 0.226. The number of carboxylic acids is 1. The first-order valence-electron chi connectivity index (χ1n) is 14.3. The summed E-state index contributed by atoms with van der Waals surface area (Å²) < 4.78 is 10.5. The lowest BCUT2D eigenvalue weighted by Gasteiger charge is -2.20. The van der Waals surface area contributed by atoms with Crippen LogP contribution in [0.3, 0.4) is 0 Å². The third-order valence-electron chi connectivity index (χ3n) is 6.76. The van der Waals surface area contributed by atoms with E-state index in [4.69, 9.17) is 14.6 Å². The summed E-state index contributed by atoms with van der Waals surface area (Å²) >= 11 is 0. The highest BCUT2D eigenvalue weighted by molar-refractivity contribution is 5.76. The van der Waals surface area contributed by atoms with E-state index in [0.717, 1.165) is 24.0 Å². The molecule has 0 saturated heterocycles. The molecule has 41 heavy (non-hydrogen) atoms. The molecule has 0 fully saturated rings. The molecule has 1 N–H and O–H groups in total. The summed E-state index contributed by atoms with van der Waals surface area (Å²) in [6, 6.07) is 19.4. The van der Waals surface area contributed by atoms with E-state index >= 15 is 0 Å². The minimum atomic E-state index is -0.722. The molecular formula is C35H54O6. The Morgan fingerprint density at radius 1 is 0.659 bits per heavy atom. The fourth-order valence-corrected chi connectivity index (χ4v) is 2.28. The highest BCUT2D eigenvalue weighted by Gasteiger charge is 2.27. The van der Waals surface area contributed by atoms with Gasteiger partial charge in [-0.2, -0.15) is 0 Å². The number of carbonyl (C=O) groups is 3. The van der Waals surface area contributed by atoms with Gasteiger partial charge >= 0.3 is 17.9 Å². The van der Waals surface area contributed by atoms with Gasteiger partial charge in [0, 0.05) is 0 Å². The van der Waals surface area contributed by atoms with E-state index in [2.05, 4.69) is 6.58 Å². The zero-order chi connectivity index (χ0) is 32.1. The van der Waals surface area contributed by atoms with Gasteiger partial charge in [-0.25, -0.2) is 0 Å². The Morgan fingerprint density at radius 3 is 1.12 bits per heavy atom. The summed E-state index contributed by atoms with van der Waals surface area (Å²) in [5.74, 6) is -0.984. The Kier molecular flexibility index (Phi) is 19.8. The van der Waals surface area contributed by atoms with Crippen LogP contribution in [0.1, 0.15) is 99.6 Å². The Hall–Kier alpha value is -3.41. The summed E-state index contributed by atoms with van der Waals surface area (Å²) in [7, 11) is 0. The molecule has 2 aromatic carbocycles. The van der Waals surface area contributed by atoms with Gasteiger partial charge < -0.3 is 14.6 Å². The number of hydrogen-bond acceptors (Lipinski definition) is 5. The third kappa shape index (κ3) is 17.8. The van der Waals surface area contributed by atoms with E-state index < -0.39 is 11.4 Å². The van der Waals surface area contributed by atoms with Gasteiger partial charge in [0.1, 0.15) is 13.2 Å². The van der Waals surface area contributed by atoms with Crippen LogP contribution in [0.2, 0.25) is 0 Å². The number of benzene rings is 2. The molecular weight excluding hydrogens is 516 g/mol. The van der Waals surface area contributed by atoms with E-state index in [1.54, 1.807) is 19.9 Å². The topological polar surface area (TPSA) is 89.9 Å². The second-order valence-electron chi connectivity index (χ2n) is 11.5. The van der Waals surface area contributed by atoms with E-state index in [1.807, 2.05) is 116 Å². The predicted octanol–water partition coefficient (Wildman–Crippen LogP) is 9.03. The maximum absolute atomic E-state index is 11.6. The molecule has 6 nitrogen and oxygen atoms in total. The summed E-state index contributed by atoms with van der Waals surface area (Å²) in [4.78, 5) is 33.5. The van der Waals surface area contributed by atoms with Crippen molar-refractivity contribution in [2.75, 3.05) is 0 Å². The van der Waals surface area contributed by atoms with Gasteiger partial charge in [-0.05, 0) is 78.9 Å². The normalized spacial score (nSPS) is 10.7. The maximum Gasteiger partial charge on any atom is 0.311 e. The van der Waals surface area contributed by atoms with Crippen molar-refractivity contribution in [1.29, 1.82) is 0 Å². The summed E-state index contributed by atoms with van der Waals surface area (Å²) in [6.07, 6.45) is 4.02. The van der Waals surface area contributed by atoms with Crippen molar-refractivity contribution < 1.29 is 29.0 Å². The SMILES string of the molecule is C=CC.CCC(C)(C)C(=O)O.CCC(C)(C)C(=O)OCc1ccccc1.CCC(C)(C)C(=O)OCc1ccccc1. The summed E-state index contributed by atoms with van der Waals surface area (Å²) in [5.41, 5.74) is 0.749. The number of rotatable bonds is 10. The first-order chi connectivity index (χ1) is 19.0. The summed E-state index contributed by atoms with van der Waals surface area (Å²) in [6.45, 7) is 22.9. The van der Waals surface area contributed by atoms with Gasteiger partial charge in [-0.1, -0.05) is 87.5 Å². The molecule has 0 aliphatic carbocycles. The Morgan fingerprint density at radius 2 is 0.927 bits per heavy atom. The Labute approximate surface area is 249 Å². The van der Waals surface area contributed by atoms with Crippen molar-refractivity contribution in [3.63, 3.8) is 0 Å². The van der Waals surface area contributed by atoms with Crippen molar-refractivity contribution in [3.8, 4) is 0 Å². The third-order valence-corrected chi connectivity index (χ3v) is 6.76. The van der Waals surface area contributed by atoms with Crippen molar-refractivity contribution in [2.45, 2.75) is 102 Å². The zero-order valence-electron chi connectivity index (χ0n) is 27.1. The second kappa shape index (κ2) is 20.5. The van der Waals surface area contributed by atoms with Gasteiger partial charge in [-0.3, -0.25) is 14.4 Å². The number of carboxylic acid groups (broad SMARTS) is 1. The maximum atomic E-state index is 11.6. The van der Waals surface area contributed by atoms with Crippen LogP contribution < -0.4 is 0 Å². The van der Waals surface area contributed by atoms with Crippen LogP contribution in [0.4, 0.5) is 0 Å². The lowest BCUT2D eigenvalue weighted by atomic mass is 9.91. The molecule has 0 heterocycles. The first-order valence-corrected chi connectivity index (χ1v) is 14.3. The van der Waals surface area contributed by atoms with Gasteiger partial charge in [-0.15, -0.1) is 6.58 Å². The highest BCUT2D eigenvalue weighted by atomic mass is 16.5. The lowest BCUT2D eigenvalue weighted by molar-refractivity contribution is -0.156. The minimum absolute atomic E-state index is 0.131. The fourth-order valence-electron chi connectivity index (χ4n) is 2.28. The molecule has 0 amide bonds. The van der Waals surface area contributed by atoms with Crippen molar-refractivity contribution >= 4 is 17.9 Å². The first kappa shape index (κ1) is 39.7. The molecule has 0 saturated carbocycles. The summed E-state index contributed by atoms with van der Waals surface area (Å²) in [5, 5.41) is 8.44. The van der Waals surface area contributed by atoms with Crippen LogP contribution in [0, 0.1) is 16.2 Å². The number of carbonyl (C=O) groups excluding carboxylic acids is 2. The van der Waals surface area contributed by atoms with Crippen LogP contribution in [0.5, 0.6) is 0 Å². The molecule has 0 aliphatic heterocycles. The van der Waals surface area contributed by atoms with E-state index in [9.17, 15) is 14.4 Å². The Bertz CT molecular complexity index is 940. The largest absolute Gasteiger partial charge is 0.481 e. The molecule has 6 heteroatoms. The van der Waals surface area contributed by atoms with E-state index in [-0.39, 0.29) is 22.8 Å². The zero-order valence-corrected chi connectivity index (χ0v) is 27.1. The molecule has 0 bridgehead atoms. The van der Waals surface area contributed by atoms with Crippen LogP contribution in [-0.4, -0.2) is 23.0 Å². The van der Waals surface area contributed by atoms with Gasteiger partial charge in [0.25, 0.3) is 0 Å². The van der Waals surface area contributed by atoms with Crippen LogP contribution in [0.25, 0.3) is 0 Å². The molecule has 0 aliphatic rings. The van der Waals surface area contributed by atoms with Crippen molar-refractivity contribution in [1.82, 2.24) is 0 Å². The number of allylic oxidation sites excluding steroid dienone is 1. The second-order valence-corrected chi connectivity index (χ2v) is 11.5. The number of ether oxygens (including phenoxy) is 2. The molecule has 0 radical (unpaired) electrons. The molecule has 2 rings (SSSR count). The monoisotopic (exact) mass is 570 g/mol. The highest BCUT2D eigenvalue weighted by Crippen LogP contribution is 2.23. The number of hydrogen-bond donors (Lipinski definition) is 1. The average molecular weight is 571 g/mol. The molecule has 0 spiro atoms. The van der Waals surface area contributed by atoms with E-state index in [0.29, 0.717) is 19.6 Å². The smallest absolute Gasteiger partial charge is 0.311 e. The number of esters is 2. The van der Waals surface area contributed by atoms with Crippen molar-refractivity contribution in [3.05, 3.63) is 84.4 Å². The molecule has 2 aromatic rings. The molecule has 0 atom stereocenters. The van der Waals surface area contributed by atoms with Crippen LogP contribution in [0.15, 0.2) is 73.3 Å². The Balaban J connectivity index is 0. The molecule has 230 valence electrons. The molecule has 0 aromatic heterocycles. The standard InChI is InChI=1S/2C13H18O2.C6H12O2.C3H6/c2*1-4-13(2,3)12(14)15-10-11-8-6-5-7-9-11;1-4-6(2,3)5(7)8;1-3-2/h2*5-9H,4,10H2,1-3H3;4H2,1-3H3,(H,7,8);3H,1H2,2H3. The molecule has 0 unspecified atom stereocenters. The van der Waals surface area contributed by atoms with Crippen LogP contribution >= 0.6 is 0 Å². The lowest BCUT2D eigenvalue weighted by Crippen LogP contribution is -2.25. The average Bonchev–Trinajstić information content (AvgIpc) is 2.96.